The zero-order valence-electron chi connectivity index (χ0n) is 9.52. The van der Waals surface area contributed by atoms with Crippen LogP contribution < -0.4 is 0 Å². The van der Waals surface area contributed by atoms with Crippen molar-refractivity contribution in [1.82, 2.24) is 4.57 Å². The highest BCUT2D eigenvalue weighted by Crippen LogP contribution is 2.25. The largest absolute Gasteiger partial charge is 0.314 e. The molecule has 0 aliphatic heterocycles. The molecular formula is C15H12ClN. The zero-order valence-corrected chi connectivity index (χ0v) is 10.3. The molecule has 0 N–H and O–H groups in total. The van der Waals surface area contributed by atoms with Gasteiger partial charge in [-0.3, -0.25) is 0 Å². The molecule has 0 atom stereocenters. The van der Waals surface area contributed by atoms with Crippen molar-refractivity contribution < 1.29 is 0 Å². The van der Waals surface area contributed by atoms with Crippen LogP contribution in [0.25, 0.3) is 16.6 Å². The molecule has 3 rings (SSSR count). The molecule has 0 aliphatic rings. The molecule has 84 valence electrons. The molecule has 0 fully saturated rings. The Morgan fingerprint density at radius 2 is 1.76 bits per heavy atom. The van der Waals surface area contributed by atoms with Crippen LogP contribution in [0, 0.1) is 6.92 Å². The third-order valence-electron chi connectivity index (χ3n) is 2.96. The molecule has 0 saturated carbocycles. The number of rotatable bonds is 1. The van der Waals surface area contributed by atoms with Gasteiger partial charge in [0.2, 0.25) is 0 Å². The van der Waals surface area contributed by atoms with Crippen LogP contribution in [0.5, 0.6) is 0 Å². The van der Waals surface area contributed by atoms with Crippen molar-refractivity contribution in [3.05, 3.63) is 65.3 Å². The lowest BCUT2D eigenvalue weighted by Gasteiger charge is -2.08. The number of fused-ring (bicyclic) bond motifs is 1. The van der Waals surface area contributed by atoms with Gasteiger partial charge in [0.1, 0.15) is 0 Å². The van der Waals surface area contributed by atoms with E-state index in [-0.39, 0.29) is 0 Å². The van der Waals surface area contributed by atoms with Gasteiger partial charge in [-0.25, -0.2) is 0 Å². The fourth-order valence-corrected chi connectivity index (χ4v) is 2.44. The molecule has 1 nitrogen and oxygen atoms in total. The summed E-state index contributed by atoms with van der Waals surface area (Å²) in [5.41, 5.74) is 3.54. The van der Waals surface area contributed by atoms with Crippen molar-refractivity contribution in [3.8, 4) is 5.69 Å². The Bertz CT molecular complexity index is 682. The van der Waals surface area contributed by atoms with Gasteiger partial charge in [0.25, 0.3) is 0 Å². The summed E-state index contributed by atoms with van der Waals surface area (Å²) >= 11 is 6.05. The highest BCUT2D eigenvalue weighted by Gasteiger charge is 2.06. The molecule has 0 unspecified atom stereocenters. The number of hydrogen-bond donors (Lipinski definition) is 0. The summed E-state index contributed by atoms with van der Waals surface area (Å²) < 4.78 is 2.22. The first-order valence-electron chi connectivity index (χ1n) is 5.59. The lowest BCUT2D eigenvalue weighted by atomic mass is 10.2. The molecule has 17 heavy (non-hydrogen) atoms. The Balaban J connectivity index is 2.33. The number of aromatic nitrogens is 1. The second-order valence-corrected chi connectivity index (χ2v) is 4.60. The predicted molar refractivity (Wildman–Crippen MR) is 73.0 cm³/mol. The number of aryl methyl sites for hydroxylation is 1. The van der Waals surface area contributed by atoms with Gasteiger partial charge in [-0.15, -0.1) is 0 Å². The van der Waals surface area contributed by atoms with E-state index >= 15 is 0 Å². The van der Waals surface area contributed by atoms with Crippen LogP contribution in [0.2, 0.25) is 5.02 Å². The van der Waals surface area contributed by atoms with Crippen molar-refractivity contribution in [2.45, 2.75) is 6.92 Å². The number of para-hydroxylation sites is 1. The topological polar surface area (TPSA) is 4.93 Å². The van der Waals surface area contributed by atoms with Crippen molar-refractivity contribution >= 4 is 22.5 Å². The van der Waals surface area contributed by atoms with Gasteiger partial charge in [0.15, 0.2) is 0 Å². The quantitative estimate of drug-likeness (QED) is 0.587. The maximum Gasteiger partial charge on any atom is 0.0531 e. The van der Waals surface area contributed by atoms with E-state index < -0.39 is 0 Å². The summed E-state index contributed by atoms with van der Waals surface area (Å²) in [6, 6.07) is 18.5. The molecule has 2 heteroatoms. The van der Waals surface area contributed by atoms with E-state index in [0.717, 1.165) is 10.7 Å². The normalized spacial score (nSPS) is 10.9. The summed E-state index contributed by atoms with van der Waals surface area (Å²) in [4.78, 5) is 0. The third-order valence-corrected chi connectivity index (χ3v) is 3.20. The minimum atomic E-state index is 0.764. The first-order valence-corrected chi connectivity index (χ1v) is 5.96. The third kappa shape index (κ3) is 1.73. The van der Waals surface area contributed by atoms with E-state index in [2.05, 4.69) is 47.9 Å². The SMILES string of the molecule is Cc1cc2ccccc2n1-c1cccc(Cl)c1. The van der Waals surface area contributed by atoms with Gasteiger partial charge in [-0.2, -0.15) is 0 Å². The molecule has 2 aromatic carbocycles. The van der Waals surface area contributed by atoms with Crippen LogP contribution >= 0.6 is 11.6 Å². The number of hydrogen-bond acceptors (Lipinski definition) is 0. The summed E-state index contributed by atoms with van der Waals surface area (Å²) in [7, 11) is 0. The predicted octanol–water partition coefficient (Wildman–Crippen LogP) is 4.59. The van der Waals surface area contributed by atoms with E-state index in [0.29, 0.717) is 0 Å². The summed E-state index contributed by atoms with van der Waals surface area (Å²) in [5, 5.41) is 2.02. The molecule has 0 bridgehead atoms. The monoisotopic (exact) mass is 241 g/mol. The van der Waals surface area contributed by atoms with Crippen LogP contribution in [-0.4, -0.2) is 4.57 Å². The zero-order chi connectivity index (χ0) is 11.8. The molecule has 3 aromatic rings. The number of nitrogens with zero attached hydrogens (tertiary/aromatic N) is 1. The van der Waals surface area contributed by atoms with E-state index in [1.165, 1.54) is 16.6 Å². The van der Waals surface area contributed by atoms with Gasteiger partial charge in [0.05, 0.1) is 5.52 Å². The average molecular weight is 242 g/mol. The second kappa shape index (κ2) is 3.94. The summed E-state index contributed by atoms with van der Waals surface area (Å²) in [6.07, 6.45) is 0. The van der Waals surface area contributed by atoms with Gasteiger partial charge in [0, 0.05) is 21.8 Å². The van der Waals surface area contributed by atoms with Crippen molar-refractivity contribution in [2.24, 2.45) is 0 Å². The molecule has 0 radical (unpaired) electrons. The van der Waals surface area contributed by atoms with Crippen LogP contribution in [-0.2, 0) is 0 Å². The maximum absolute atomic E-state index is 6.05. The standard InChI is InChI=1S/C15H12ClN/c1-11-9-12-5-2-3-8-15(12)17(11)14-7-4-6-13(16)10-14/h2-10H,1H3. The average Bonchev–Trinajstić information content (AvgIpc) is 2.64. The Morgan fingerprint density at radius 3 is 2.59 bits per heavy atom. The van der Waals surface area contributed by atoms with Gasteiger partial charge in [-0.05, 0) is 37.3 Å². The van der Waals surface area contributed by atoms with Gasteiger partial charge < -0.3 is 4.57 Å². The minimum absolute atomic E-state index is 0.764. The van der Waals surface area contributed by atoms with Crippen molar-refractivity contribution in [2.75, 3.05) is 0 Å². The molecule has 1 heterocycles. The molecule has 1 aromatic heterocycles. The molecule has 0 aliphatic carbocycles. The van der Waals surface area contributed by atoms with Crippen LogP contribution in [0.3, 0.4) is 0 Å². The summed E-state index contributed by atoms with van der Waals surface area (Å²) in [6.45, 7) is 2.11. The minimum Gasteiger partial charge on any atom is -0.314 e. The Morgan fingerprint density at radius 1 is 0.941 bits per heavy atom. The van der Waals surface area contributed by atoms with Crippen LogP contribution in [0.4, 0.5) is 0 Å². The lowest BCUT2D eigenvalue weighted by Crippen LogP contribution is -1.95. The summed E-state index contributed by atoms with van der Waals surface area (Å²) in [5.74, 6) is 0. The molecule has 0 amide bonds. The number of benzene rings is 2. The maximum atomic E-state index is 6.05. The van der Waals surface area contributed by atoms with Gasteiger partial charge in [-0.1, -0.05) is 35.9 Å². The lowest BCUT2D eigenvalue weighted by molar-refractivity contribution is 1.05. The second-order valence-electron chi connectivity index (χ2n) is 4.16. The Hall–Kier alpha value is -1.73. The van der Waals surface area contributed by atoms with Crippen LogP contribution in [0.15, 0.2) is 54.6 Å². The molecule has 0 saturated heterocycles. The van der Waals surface area contributed by atoms with Crippen LogP contribution in [0.1, 0.15) is 5.69 Å². The highest BCUT2D eigenvalue weighted by atomic mass is 35.5. The number of halogens is 1. The first kappa shape index (κ1) is 10.4. The Labute approximate surface area is 105 Å². The fraction of sp³-hybridized carbons (Fsp3) is 0.0667. The van der Waals surface area contributed by atoms with Crippen molar-refractivity contribution in [1.29, 1.82) is 0 Å². The molecular weight excluding hydrogens is 230 g/mol. The van der Waals surface area contributed by atoms with Crippen molar-refractivity contribution in [3.63, 3.8) is 0 Å². The fourth-order valence-electron chi connectivity index (χ4n) is 2.25. The smallest absolute Gasteiger partial charge is 0.0531 e. The van der Waals surface area contributed by atoms with E-state index in [4.69, 9.17) is 11.6 Å². The van der Waals surface area contributed by atoms with E-state index in [1.54, 1.807) is 0 Å². The first-order chi connectivity index (χ1) is 8.25. The highest BCUT2D eigenvalue weighted by molar-refractivity contribution is 6.30. The van der Waals surface area contributed by atoms with Gasteiger partial charge >= 0.3 is 0 Å². The van der Waals surface area contributed by atoms with E-state index in [1.807, 2.05) is 18.2 Å². The Kier molecular flexibility index (Phi) is 2.41. The van der Waals surface area contributed by atoms with E-state index in [9.17, 15) is 0 Å². The molecule has 0 spiro atoms.